The van der Waals surface area contributed by atoms with Crippen LogP contribution in [-0.2, 0) is 0 Å². The van der Waals surface area contributed by atoms with E-state index in [2.05, 4.69) is 181 Å². The minimum atomic E-state index is 0.383. The van der Waals surface area contributed by atoms with Crippen LogP contribution < -0.4 is 0 Å². The van der Waals surface area contributed by atoms with E-state index in [4.69, 9.17) is 13.8 Å². The number of nitrogens with zero attached hydrogens (tertiary/aromatic N) is 2. The van der Waals surface area contributed by atoms with Crippen LogP contribution >= 0.6 is 0 Å². The quantitative estimate of drug-likeness (QED) is 0.178. The van der Waals surface area contributed by atoms with Gasteiger partial charge in [0.25, 0.3) is 0 Å². The maximum Gasteiger partial charge on any atom is 0.160 e. The summed E-state index contributed by atoms with van der Waals surface area (Å²) in [5, 5.41) is 11.7. The van der Waals surface area contributed by atoms with E-state index in [9.17, 15) is 0 Å². The molecule has 3 aromatic heterocycles. The summed E-state index contributed by atoms with van der Waals surface area (Å²) in [5.74, 6) is 0.383. The molecule has 0 spiro atoms. The summed E-state index contributed by atoms with van der Waals surface area (Å²) in [5.41, 5.74) is 12.4. The summed E-state index contributed by atoms with van der Waals surface area (Å²) in [4.78, 5) is 5.72. The Morgan fingerprint density at radius 1 is 0.516 bits per heavy atom. The number of fused-ring (bicyclic) bond motifs is 12. The highest BCUT2D eigenvalue weighted by molar-refractivity contribution is 6.24. The second-order valence-corrected chi connectivity index (χ2v) is 16.9. The van der Waals surface area contributed by atoms with Crippen molar-refractivity contribution in [2.75, 3.05) is 0 Å². The summed E-state index contributed by atoms with van der Waals surface area (Å²) < 4.78 is 16.0. The van der Waals surface area contributed by atoms with E-state index < -0.39 is 0 Å². The van der Waals surface area contributed by atoms with E-state index in [1.165, 1.54) is 43.4 Å². The van der Waals surface area contributed by atoms with Gasteiger partial charge in [-0.15, -0.1) is 0 Å². The van der Waals surface area contributed by atoms with Gasteiger partial charge >= 0.3 is 0 Å². The van der Waals surface area contributed by atoms with E-state index >= 15 is 0 Å². The maximum atomic E-state index is 7.08. The first-order valence-corrected chi connectivity index (χ1v) is 21.8. The van der Waals surface area contributed by atoms with Gasteiger partial charge in [-0.3, -0.25) is 4.99 Å². The Morgan fingerprint density at radius 3 is 2.06 bits per heavy atom. The Balaban J connectivity index is 1.06. The lowest BCUT2D eigenvalue weighted by Crippen LogP contribution is -2.05. The van der Waals surface area contributed by atoms with Gasteiger partial charge in [0.15, 0.2) is 5.58 Å². The molecule has 9 aromatic carbocycles. The first-order chi connectivity index (χ1) is 30.7. The molecule has 0 bridgehead atoms. The average molecular weight is 797 g/mol. The van der Waals surface area contributed by atoms with Gasteiger partial charge in [-0.25, -0.2) is 0 Å². The topological polar surface area (TPSA) is 43.6 Å². The predicted octanol–water partition coefficient (Wildman–Crippen LogP) is 16.1. The van der Waals surface area contributed by atoms with Gasteiger partial charge < -0.3 is 13.4 Å². The van der Waals surface area contributed by atoms with Crippen molar-refractivity contribution in [3.05, 3.63) is 205 Å². The monoisotopic (exact) mass is 796 g/mol. The molecule has 1 atom stereocenters. The molecule has 0 saturated heterocycles. The zero-order chi connectivity index (χ0) is 40.7. The standard InChI is InChI=1S/C58H40N2O2/c1-2-13-36(14-3-1)37-18-12-22-50(59-49(31-27-37)41-26-28-44-43-20-8-10-23-53(43)61-55(44)35-41)46-30-32-51(58-56(46)47-21-9-11-24-54(47)62-58)60-52-34-40-17-5-4-16-39(40)33-48(52)45-29-25-38-15-6-7-19-42(38)57(45)60/h1-11,13-17,19-21,23-26,28-35,37H,12,18,22,27H2. The molecule has 4 heterocycles. The SMILES string of the molecule is C1=C(c2ccc3c(c2)oc2ccccc23)N=C(c2ccc(-n3c4cc5ccccc5cc4c4ccc5ccccc5c43)c3oc4ccccc4c23)CCCC(c2ccccc2)C1. The number of aromatic nitrogens is 1. The second kappa shape index (κ2) is 13.9. The van der Waals surface area contributed by atoms with Gasteiger partial charge in [0.05, 0.1) is 22.4 Å². The molecule has 0 N–H and O–H groups in total. The lowest BCUT2D eigenvalue weighted by molar-refractivity contribution is 0.610. The van der Waals surface area contributed by atoms with Crippen molar-refractivity contribution < 1.29 is 8.83 Å². The van der Waals surface area contributed by atoms with Crippen LogP contribution in [0.1, 0.15) is 48.3 Å². The van der Waals surface area contributed by atoms with E-state index in [0.717, 1.165) is 103 Å². The van der Waals surface area contributed by atoms with Crippen LogP contribution in [0.2, 0.25) is 0 Å². The molecule has 4 nitrogen and oxygen atoms in total. The first kappa shape index (κ1) is 35.1. The summed E-state index contributed by atoms with van der Waals surface area (Å²) in [7, 11) is 0. The van der Waals surface area contributed by atoms with Gasteiger partial charge in [0.2, 0.25) is 0 Å². The molecule has 294 valence electrons. The third-order valence-electron chi connectivity index (χ3n) is 13.3. The number of furan rings is 2. The van der Waals surface area contributed by atoms with Gasteiger partial charge in [0.1, 0.15) is 16.7 Å². The normalized spacial score (nSPS) is 15.2. The fourth-order valence-electron chi connectivity index (χ4n) is 10.4. The molecule has 0 aliphatic carbocycles. The summed E-state index contributed by atoms with van der Waals surface area (Å²) in [6.45, 7) is 0. The lowest BCUT2D eigenvalue weighted by Gasteiger charge is -2.16. The summed E-state index contributed by atoms with van der Waals surface area (Å²) in [6, 6.07) is 65.6. The molecule has 1 aliphatic rings. The van der Waals surface area contributed by atoms with Crippen molar-refractivity contribution in [3.8, 4) is 5.69 Å². The third kappa shape index (κ3) is 5.50. The smallest absolute Gasteiger partial charge is 0.160 e. The van der Waals surface area contributed by atoms with Gasteiger partial charge in [0, 0.05) is 54.5 Å². The van der Waals surface area contributed by atoms with Crippen molar-refractivity contribution in [1.82, 2.24) is 4.57 Å². The van der Waals surface area contributed by atoms with Crippen LogP contribution in [0.5, 0.6) is 0 Å². The number of benzene rings is 9. The summed E-state index contributed by atoms with van der Waals surface area (Å²) >= 11 is 0. The molecule has 13 rings (SSSR count). The second-order valence-electron chi connectivity index (χ2n) is 16.9. The van der Waals surface area contributed by atoms with E-state index in [0.29, 0.717) is 5.92 Å². The maximum absolute atomic E-state index is 7.08. The van der Waals surface area contributed by atoms with Crippen molar-refractivity contribution in [2.45, 2.75) is 31.6 Å². The molecular weight excluding hydrogens is 757 g/mol. The Labute approximate surface area is 357 Å². The highest BCUT2D eigenvalue weighted by Gasteiger charge is 2.25. The fourth-order valence-corrected chi connectivity index (χ4v) is 10.4. The molecule has 12 aromatic rings. The fraction of sp³-hybridized carbons (Fsp3) is 0.0862. The highest BCUT2D eigenvalue weighted by atomic mass is 16.3. The third-order valence-corrected chi connectivity index (χ3v) is 13.3. The Bertz CT molecular complexity index is 3820. The Hall–Kier alpha value is -7.69. The minimum Gasteiger partial charge on any atom is -0.456 e. The molecule has 4 heteroatoms. The molecule has 0 saturated carbocycles. The van der Waals surface area contributed by atoms with Crippen LogP contribution in [0.15, 0.2) is 202 Å². The van der Waals surface area contributed by atoms with E-state index in [-0.39, 0.29) is 0 Å². The molecule has 0 amide bonds. The van der Waals surface area contributed by atoms with Crippen LogP contribution in [-0.4, -0.2) is 10.3 Å². The van der Waals surface area contributed by atoms with Crippen LogP contribution in [0.3, 0.4) is 0 Å². The summed E-state index contributed by atoms with van der Waals surface area (Å²) in [6.07, 6.45) is 6.15. The van der Waals surface area contributed by atoms with Crippen LogP contribution in [0, 0.1) is 0 Å². The van der Waals surface area contributed by atoms with Crippen LogP contribution in [0.25, 0.3) is 98.6 Å². The number of rotatable bonds is 4. The molecular formula is C58H40N2O2. The van der Waals surface area contributed by atoms with E-state index in [1.54, 1.807) is 0 Å². The largest absolute Gasteiger partial charge is 0.456 e. The Morgan fingerprint density at radius 2 is 1.21 bits per heavy atom. The zero-order valence-electron chi connectivity index (χ0n) is 34.0. The number of hydrogen-bond donors (Lipinski definition) is 0. The minimum absolute atomic E-state index is 0.383. The van der Waals surface area contributed by atoms with Crippen molar-refractivity contribution >= 4 is 98.6 Å². The Kier molecular flexibility index (Phi) is 7.89. The number of aliphatic imine (C=N–C) groups is 1. The van der Waals surface area contributed by atoms with Gasteiger partial charge in [-0.2, -0.15) is 0 Å². The van der Waals surface area contributed by atoms with Crippen molar-refractivity contribution in [1.29, 1.82) is 0 Å². The van der Waals surface area contributed by atoms with Crippen molar-refractivity contribution in [2.24, 2.45) is 4.99 Å². The van der Waals surface area contributed by atoms with Gasteiger partial charge in [-0.1, -0.05) is 146 Å². The molecule has 1 aliphatic heterocycles. The first-order valence-electron chi connectivity index (χ1n) is 21.8. The number of allylic oxidation sites excluding steroid dienone is 1. The zero-order valence-corrected chi connectivity index (χ0v) is 34.0. The molecule has 0 radical (unpaired) electrons. The predicted molar refractivity (Wildman–Crippen MR) is 259 cm³/mol. The highest BCUT2D eigenvalue weighted by Crippen LogP contribution is 2.44. The molecule has 62 heavy (non-hydrogen) atoms. The number of hydrogen-bond acceptors (Lipinski definition) is 3. The molecule has 1 unspecified atom stereocenters. The van der Waals surface area contributed by atoms with Gasteiger partial charge in [-0.05, 0) is 95.8 Å². The van der Waals surface area contributed by atoms with Crippen molar-refractivity contribution in [3.63, 3.8) is 0 Å². The van der Waals surface area contributed by atoms with Crippen LogP contribution in [0.4, 0.5) is 0 Å². The number of para-hydroxylation sites is 2. The van der Waals surface area contributed by atoms with E-state index in [1.807, 2.05) is 12.1 Å². The average Bonchev–Trinajstić information content (AvgIpc) is 4.02. The molecule has 0 fully saturated rings. The lowest BCUT2D eigenvalue weighted by atomic mass is 9.89.